The normalized spacial score (nSPS) is 12.5. The summed E-state index contributed by atoms with van der Waals surface area (Å²) in [6.07, 6.45) is 5.47. The third-order valence-electron chi connectivity index (χ3n) is 3.64. The molecule has 1 aliphatic rings. The van der Waals surface area contributed by atoms with Crippen LogP contribution >= 0.6 is 0 Å². The molecule has 1 aromatic carbocycles. The minimum atomic E-state index is -0.250. The molecule has 1 heterocycles. The number of carbonyl (C=O) groups excluding carboxylic acids is 1. The topological polar surface area (TPSA) is 79.7 Å². The van der Waals surface area contributed by atoms with Crippen LogP contribution in [0, 0.1) is 0 Å². The van der Waals surface area contributed by atoms with Gasteiger partial charge in [0.25, 0.3) is 12.4 Å². The summed E-state index contributed by atoms with van der Waals surface area (Å²) in [4.78, 5) is 27.0. The van der Waals surface area contributed by atoms with Gasteiger partial charge in [-0.05, 0) is 42.7 Å². The predicted molar refractivity (Wildman–Crippen MR) is 88.8 cm³/mol. The number of pyridine rings is 1. The average Bonchev–Trinajstić information content (AvgIpc) is 3.46. The van der Waals surface area contributed by atoms with Crippen LogP contribution in [-0.2, 0) is 11.3 Å². The van der Waals surface area contributed by atoms with Crippen molar-refractivity contribution in [2.45, 2.75) is 25.4 Å². The van der Waals surface area contributed by atoms with Crippen LogP contribution in [0.4, 0.5) is 0 Å². The standard InChI is InChI=1S/C17H18N2O2.CH2O2/c1-21-16-6-2-4-13(10-16)12-19(15-7-8-15)17(20)14-5-3-9-18-11-14;2-1-3/h2-6,9-11,15H,7-8,12H2,1H3;1H,(H,2,3). The Hall–Kier alpha value is -2.89. The van der Waals surface area contributed by atoms with E-state index in [2.05, 4.69) is 4.98 Å². The van der Waals surface area contributed by atoms with Gasteiger partial charge in [-0.15, -0.1) is 0 Å². The summed E-state index contributed by atoms with van der Waals surface area (Å²) in [5, 5.41) is 6.89. The van der Waals surface area contributed by atoms with E-state index >= 15 is 0 Å². The van der Waals surface area contributed by atoms with E-state index in [-0.39, 0.29) is 12.4 Å². The highest BCUT2D eigenvalue weighted by Crippen LogP contribution is 2.30. The Morgan fingerprint density at radius 2 is 2.12 bits per heavy atom. The van der Waals surface area contributed by atoms with Gasteiger partial charge in [0.15, 0.2) is 0 Å². The highest BCUT2D eigenvalue weighted by molar-refractivity contribution is 5.94. The number of rotatable bonds is 5. The highest BCUT2D eigenvalue weighted by atomic mass is 16.5. The number of nitrogens with zero attached hydrogens (tertiary/aromatic N) is 2. The second-order valence-corrected chi connectivity index (χ2v) is 5.36. The molecule has 0 unspecified atom stereocenters. The Bertz CT molecular complexity index is 672. The quantitative estimate of drug-likeness (QED) is 0.853. The summed E-state index contributed by atoms with van der Waals surface area (Å²) in [5.74, 6) is 0.866. The van der Waals surface area contributed by atoms with E-state index in [0.29, 0.717) is 18.2 Å². The summed E-state index contributed by atoms with van der Waals surface area (Å²) in [6.45, 7) is 0.357. The van der Waals surface area contributed by atoms with Crippen molar-refractivity contribution in [3.8, 4) is 5.75 Å². The van der Waals surface area contributed by atoms with Crippen molar-refractivity contribution in [3.05, 3.63) is 59.9 Å². The number of ether oxygens (including phenoxy) is 1. The first-order valence-corrected chi connectivity index (χ1v) is 7.61. The first kappa shape index (κ1) is 17.5. The third-order valence-corrected chi connectivity index (χ3v) is 3.64. The van der Waals surface area contributed by atoms with Gasteiger partial charge in [0.05, 0.1) is 12.7 Å². The van der Waals surface area contributed by atoms with Crippen molar-refractivity contribution < 1.29 is 19.4 Å². The zero-order chi connectivity index (χ0) is 17.4. The number of hydrogen-bond donors (Lipinski definition) is 1. The minimum Gasteiger partial charge on any atom is -0.497 e. The van der Waals surface area contributed by atoms with Crippen LogP contribution < -0.4 is 4.74 Å². The molecule has 3 rings (SSSR count). The molecule has 6 heteroatoms. The van der Waals surface area contributed by atoms with Crippen molar-refractivity contribution in [2.75, 3.05) is 7.11 Å². The van der Waals surface area contributed by atoms with Gasteiger partial charge in [0.1, 0.15) is 5.75 Å². The predicted octanol–water partition coefficient (Wildman–Crippen LogP) is 2.60. The summed E-state index contributed by atoms with van der Waals surface area (Å²) < 4.78 is 5.24. The fraction of sp³-hybridized carbons (Fsp3) is 0.278. The molecule has 1 amide bonds. The maximum atomic E-state index is 12.6. The average molecular weight is 328 g/mol. The van der Waals surface area contributed by atoms with Gasteiger partial charge < -0.3 is 14.7 Å². The zero-order valence-corrected chi connectivity index (χ0v) is 13.5. The molecule has 0 aliphatic heterocycles. The van der Waals surface area contributed by atoms with Crippen molar-refractivity contribution in [1.82, 2.24) is 9.88 Å². The van der Waals surface area contributed by atoms with Crippen molar-refractivity contribution in [3.63, 3.8) is 0 Å². The lowest BCUT2D eigenvalue weighted by molar-refractivity contribution is -0.122. The van der Waals surface area contributed by atoms with E-state index in [1.807, 2.05) is 35.2 Å². The van der Waals surface area contributed by atoms with Crippen molar-refractivity contribution in [2.24, 2.45) is 0 Å². The van der Waals surface area contributed by atoms with E-state index in [1.165, 1.54) is 0 Å². The molecule has 1 fully saturated rings. The van der Waals surface area contributed by atoms with E-state index < -0.39 is 0 Å². The fourth-order valence-electron chi connectivity index (χ4n) is 2.38. The first-order valence-electron chi connectivity index (χ1n) is 7.61. The molecule has 0 spiro atoms. The van der Waals surface area contributed by atoms with Crippen molar-refractivity contribution in [1.29, 1.82) is 0 Å². The van der Waals surface area contributed by atoms with Gasteiger partial charge in [0, 0.05) is 25.0 Å². The molecule has 0 atom stereocenters. The SMILES string of the molecule is COc1cccc(CN(C(=O)c2cccnc2)C2CC2)c1.O=CO. The number of carbonyl (C=O) groups is 2. The maximum absolute atomic E-state index is 12.6. The lowest BCUT2D eigenvalue weighted by Crippen LogP contribution is -2.32. The largest absolute Gasteiger partial charge is 0.497 e. The zero-order valence-electron chi connectivity index (χ0n) is 13.5. The Kier molecular flexibility index (Phi) is 6.31. The lowest BCUT2D eigenvalue weighted by Gasteiger charge is -2.22. The van der Waals surface area contributed by atoms with Gasteiger partial charge in [-0.25, -0.2) is 0 Å². The second-order valence-electron chi connectivity index (χ2n) is 5.36. The van der Waals surface area contributed by atoms with E-state index in [4.69, 9.17) is 14.6 Å². The monoisotopic (exact) mass is 328 g/mol. The van der Waals surface area contributed by atoms with Crippen LogP contribution in [0.3, 0.4) is 0 Å². The first-order chi connectivity index (χ1) is 11.7. The molecule has 0 bridgehead atoms. The third kappa shape index (κ3) is 4.81. The molecule has 126 valence electrons. The van der Waals surface area contributed by atoms with Gasteiger partial charge in [0.2, 0.25) is 0 Å². The van der Waals surface area contributed by atoms with Gasteiger partial charge >= 0.3 is 0 Å². The number of benzene rings is 1. The Morgan fingerprint density at radius 1 is 1.38 bits per heavy atom. The van der Waals surface area contributed by atoms with Crippen LogP contribution in [0.2, 0.25) is 0 Å². The molecule has 0 saturated heterocycles. The molecule has 2 aromatic rings. The molecule has 0 radical (unpaired) electrons. The molecule has 24 heavy (non-hydrogen) atoms. The van der Waals surface area contributed by atoms with Crippen LogP contribution in [0.5, 0.6) is 5.75 Å². The van der Waals surface area contributed by atoms with Gasteiger partial charge in [-0.1, -0.05) is 12.1 Å². The Labute approximate surface area is 140 Å². The van der Waals surface area contributed by atoms with Crippen LogP contribution in [0.15, 0.2) is 48.8 Å². The summed E-state index contributed by atoms with van der Waals surface area (Å²) in [7, 11) is 1.65. The minimum absolute atomic E-state index is 0.0495. The van der Waals surface area contributed by atoms with Crippen LogP contribution in [0.25, 0.3) is 0 Å². The highest BCUT2D eigenvalue weighted by Gasteiger charge is 2.33. The number of carboxylic acid groups (broad SMARTS) is 1. The number of aromatic nitrogens is 1. The fourth-order valence-corrected chi connectivity index (χ4v) is 2.38. The van der Waals surface area contributed by atoms with E-state index in [1.54, 1.807) is 25.6 Å². The second kappa shape index (κ2) is 8.67. The summed E-state index contributed by atoms with van der Waals surface area (Å²) in [6, 6.07) is 11.8. The summed E-state index contributed by atoms with van der Waals surface area (Å²) in [5.41, 5.74) is 1.73. The van der Waals surface area contributed by atoms with Crippen LogP contribution in [0.1, 0.15) is 28.8 Å². The molecular formula is C18H20N2O4. The number of amides is 1. The Morgan fingerprint density at radius 3 is 2.71 bits per heavy atom. The van der Waals surface area contributed by atoms with E-state index in [0.717, 1.165) is 24.2 Å². The molecule has 1 aromatic heterocycles. The van der Waals surface area contributed by atoms with E-state index in [9.17, 15) is 4.79 Å². The van der Waals surface area contributed by atoms with Crippen LogP contribution in [-0.4, -0.2) is 40.5 Å². The number of hydrogen-bond acceptors (Lipinski definition) is 4. The van der Waals surface area contributed by atoms with Crippen molar-refractivity contribution >= 4 is 12.4 Å². The smallest absolute Gasteiger partial charge is 0.290 e. The Balaban J connectivity index is 0.000000647. The molecule has 1 aliphatic carbocycles. The molecular weight excluding hydrogens is 308 g/mol. The van der Waals surface area contributed by atoms with Gasteiger partial charge in [-0.3, -0.25) is 14.6 Å². The summed E-state index contributed by atoms with van der Waals surface area (Å²) >= 11 is 0. The maximum Gasteiger partial charge on any atom is 0.290 e. The molecule has 1 N–H and O–H groups in total. The lowest BCUT2D eigenvalue weighted by atomic mass is 10.1. The number of methoxy groups -OCH3 is 1. The molecule has 1 saturated carbocycles. The molecule has 6 nitrogen and oxygen atoms in total. The van der Waals surface area contributed by atoms with Gasteiger partial charge in [-0.2, -0.15) is 0 Å².